The number of hydrogen-bond acceptors (Lipinski definition) is 4. The molecule has 6 heteroatoms. The Hall–Kier alpha value is -2.21. The van der Waals surface area contributed by atoms with Gasteiger partial charge in [0.25, 0.3) is 0 Å². The van der Waals surface area contributed by atoms with Crippen LogP contribution in [0.2, 0.25) is 0 Å². The Labute approximate surface area is 143 Å². The third-order valence-electron chi connectivity index (χ3n) is 3.07. The summed E-state index contributed by atoms with van der Waals surface area (Å²) in [7, 11) is -3.41. The molecule has 0 heterocycles. The van der Waals surface area contributed by atoms with Gasteiger partial charge in [-0.3, -0.25) is 4.72 Å². The molecule has 2 aromatic carbocycles. The second-order valence-corrected chi connectivity index (χ2v) is 7.55. The van der Waals surface area contributed by atoms with Crippen LogP contribution in [0.1, 0.15) is 20.8 Å². The van der Waals surface area contributed by atoms with Gasteiger partial charge in [-0.05, 0) is 49.2 Å². The van der Waals surface area contributed by atoms with Crippen molar-refractivity contribution in [1.29, 1.82) is 0 Å². The Morgan fingerprint density at radius 2 is 1.62 bits per heavy atom. The van der Waals surface area contributed by atoms with E-state index in [9.17, 15) is 8.42 Å². The summed E-state index contributed by atoms with van der Waals surface area (Å²) in [5.41, 5.74) is 0.423. The molecule has 0 spiro atoms. The molecule has 1 N–H and O–H groups in total. The quantitative estimate of drug-likeness (QED) is 0.773. The predicted octanol–water partition coefficient (Wildman–Crippen LogP) is 4.28. The van der Waals surface area contributed by atoms with Gasteiger partial charge in [0.2, 0.25) is 10.0 Å². The van der Waals surface area contributed by atoms with Crippen LogP contribution < -0.4 is 14.2 Å². The number of nitrogens with one attached hydrogen (secondary N) is 1. The number of benzene rings is 2. The Kier molecular flexibility index (Phi) is 6.09. The smallest absolute Gasteiger partial charge is 0.233 e. The van der Waals surface area contributed by atoms with Crippen molar-refractivity contribution in [2.24, 2.45) is 5.92 Å². The number of para-hydroxylation sites is 2. The van der Waals surface area contributed by atoms with Crippen LogP contribution in [0.3, 0.4) is 0 Å². The highest BCUT2D eigenvalue weighted by atomic mass is 32.2. The molecule has 0 aliphatic rings. The topological polar surface area (TPSA) is 64.6 Å². The average Bonchev–Trinajstić information content (AvgIpc) is 2.50. The fraction of sp³-hybridized carbons (Fsp3) is 0.333. The lowest BCUT2D eigenvalue weighted by atomic mass is 10.3. The van der Waals surface area contributed by atoms with Gasteiger partial charge in [-0.2, -0.15) is 0 Å². The van der Waals surface area contributed by atoms with Gasteiger partial charge >= 0.3 is 0 Å². The number of sulfonamides is 1. The van der Waals surface area contributed by atoms with Crippen LogP contribution in [-0.2, 0) is 10.0 Å². The van der Waals surface area contributed by atoms with E-state index in [4.69, 9.17) is 9.47 Å². The fourth-order valence-electron chi connectivity index (χ4n) is 2.19. The maximum atomic E-state index is 12.1. The monoisotopic (exact) mass is 349 g/mol. The first-order valence-corrected chi connectivity index (χ1v) is 9.55. The van der Waals surface area contributed by atoms with Gasteiger partial charge in [-0.15, -0.1) is 0 Å². The number of ether oxygens (including phenoxy) is 2. The molecule has 0 aliphatic carbocycles. The van der Waals surface area contributed by atoms with E-state index in [1.165, 1.54) is 0 Å². The summed E-state index contributed by atoms with van der Waals surface area (Å²) < 4.78 is 38.1. The van der Waals surface area contributed by atoms with Gasteiger partial charge < -0.3 is 9.47 Å². The minimum atomic E-state index is -3.41. The lowest BCUT2D eigenvalue weighted by Crippen LogP contribution is -2.20. The van der Waals surface area contributed by atoms with Gasteiger partial charge in [-0.1, -0.05) is 26.0 Å². The van der Waals surface area contributed by atoms with Crippen LogP contribution in [-0.4, -0.2) is 20.8 Å². The Balaban J connectivity index is 2.16. The van der Waals surface area contributed by atoms with Crippen LogP contribution in [0, 0.1) is 5.92 Å². The summed E-state index contributed by atoms with van der Waals surface area (Å²) in [6.45, 7) is 6.24. The van der Waals surface area contributed by atoms with Crippen molar-refractivity contribution in [1.82, 2.24) is 0 Å². The van der Waals surface area contributed by atoms with Gasteiger partial charge in [-0.25, -0.2) is 8.42 Å². The van der Waals surface area contributed by atoms with E-state index in [0.717, 1.165) is 5.75 Å². The minimum absolute atomic E-state index is 0.0432. The highest BCUT2D eigenvalue weighted by molar-refractivity contribution is 7.92. The molecule has 2 rings (SSSR count). The van der Waals surface area contributed by atoms with E-state index in [0.29, 0.717) is 23.8 Å². The van der Waals surface area contributed by atoms with E-state index < -0.39 is 10.0 Å². The summed E-state index contributed by atoms with van der Waals surface area (Å²) in [6, 6.07) is 14.2. The molecule has 0 saturated heterocycles. The fourth-order valence-corrected chi connectivity index (χ4v) is 3.65. The zero-order valence-corrected chi connectivity index (χ0v) is 15.0. The molecule has 0 radical (unpaired) electrons. The molecule has 0 fully saturated rings. The van der Waals surface area contributed by atoms with Crippen molar-refractivity contribution in [2.75, 3.05) is 17.1 Å². The Bertz CT molecular complexity index is 755. The number of rotatable bonds is 8. The first kappa shape index (κ1) is 18.1. The normalized spacial score (nSPS) is 11.3. The maximum Gasteiger partial charge on any atom is 0.233 e. The lowest BCUT2D eigenvalue weighted by molar-refractivity contribution is 0.339. The van der Waals surface area contributed by atoms with Crippen molar-refractivity contribution >= 4 is 15.7 Å². The molecule has 0 aliphatic heterocycles. The standard InChI is InChI=1S/C18H23NO4S/c1-4-22-15-9-11-16(12-10-15)23-18-8-6-5-7-17(18)19-24(20,21)13-14(2)3/h5-12,14,19H,4,13H2,1-3H3. The molecule has 0 aromatic heterocycles. The third kappa shape index (κ3) is 5.45. The maximum absolute atomic E-state index is 12.1. The Morgan fingerprint density at radius 1 is 1.00 bits per heavy atom. The van der Waals surface area contributed by atoms with Crippen molar-refractivity contribution in [3.8, 4) is 17.2 Å². The van der Waals surface area contributed by atoms with Gasteiger partial charge in [0.15, 0.2) is 5.75 Å². The molecular formula is C18H23NO4S. The van der Waals surface area contributed by atoms with Crippen LogP contribution >= 0.6 is 0 Å². The van der Waals surface area contributed by atoms with Crippen LogP contribution in [0.15, 0.2) is 48.5 Å². The van der Waals surface area contributed by atoms with Gasteiger partial charge in [0, 0.05) is 0 Å². The SMILES string of the molecule is CCOc1ccc(Oc2ccccc2NS(=O)(=O)CC(C)C)cc1. The second kappa shape index (κ2) is 8.06. The van der Waals surface area contributed by atoms with Gasteiger partial charge in [0.1, 0.15) is 11.5 Å². The molecule has 0 saturated carbocycles. The molecule has 0 amide bonds. The van der Waals surface area contributed by atoms with E-state index in [1.807, 2.05) is 32.9 Å². The first-order valence-electron chi connectivity index (χ1n) is 7.90. The lowest BCUT2D eigenvalue weighted by Gasteiger charge is -2.14. The largest absolute Gasteiger partial charge is 0.494 e. The molecule has 0 bridgehead atoms. The molecule has 5 nitrogen and oxygen atoms in total. The van der Waals surface area contributed by atoms with Crippen molar-refractivity contribution in [3.63, 3.8) is 0 Å². The van der Waals surface area contributed by atoms with E-state index in [2.05, 4.69) is 4.72 Å². The third-order valence-corrected chi connectivity index (χ3v) is 4.70. The summed E-state index contributed by atoms with van der Waals surface area (Å²) in [6.07, 6.45) is 0. The number of anilines is 1. The molecule has 0 atom stereocenters. The van der Waals surface area contributed by atoms with Crippen LogP contribution in [0.4, 0.5) is 5.69 Å². The zero-order valence-electron chi connectivity index (χ0n) is 14.2. The van der Waals surface area contributed by atoms with Crippen molar-refractivity contribution < 1.29 is 17.9 Å². The zero-order chi connectivity index (χ0) is 17.6. The molecule has 130 valence electrons. The van der Waals surface area contributed by atoms with Crippen molar-refractivity contribution in [2.45, 2.75) is 20.8 Å². The van der Waals surface area contributed by atoms with Gasteiger partial charge in [0.05, 0.1) is 18.0 Å². The highest BCUT2D eigenvalue weighted by Crippen LogP contribution is 2.31. The molecule has 2 aromatic rings. The summed E-state index contributed by atoms with van der Waals surface area (Å²) in [4.78, 5) is 0. The summed E-state index contributed by atoms with van der Waals surface area (Å²) >= 11 is 0. The summed E-state index contributed by atoms with van der Waals surface area (Å²) in [5.74, 6) is 1.92. The van der Waals surface area contributed by atoms with E-state index in [1.54, 1.807) is 36.4 Å². The predicted molar refractivity (Wildman–Crippen MR) is 96.4 cm³/mol. The Morgan fingerprint density at radius 3 is 2.25 bits per heavy atom. The minimum Gasteiger partial charge on any atom is -0.494 e. The molecule has 0 unspecified atom stereocenters. The summed E-state index contributed by atoms with van der Waals surface area (Å²) in [5, 5.41) is 0. The first-order chi connectivity index (χ1) is 11.4. The van der Waals surface area contributed by atoms with E-state index >= 15 is 0 Å². The molecule has 24 heavy (non-hydrogen) atoms. The number of hydrogen-bond donors (Lipinski definition) is 1. The second-order valence-electron chi connectivity index (χ2n) is 5.78. The average molecular weight is 349 g/mol. The van der Waals surface area contributed by atoms with Crippen molar-refractivity contribution in [3.05, 3.63) is 48.5 Å². The van der Waals surface area contributed by atoms with Crippen LogP contribution in [0.5, 0.6) is 17.2 Å². The van der Waals surface area contributed by atoms with E-state index in [-0.39, 0.29) is 11.7 Å². The highest BCUT2D eigenvalue weighted by Gasteiger charge is 2.15. The molecular weight excluding hydrogens is 326 g/mol. The van der Waals surface area contributed by atoms with Crippen LogP contribution in [0.25, 0.3) is 0 Å².